The van der Waals surface area contributed by atoms with Crippen LogP contribution in [-0.2, 0) is 14.4 Å². The van der Waals surface area contributed by atoms with Gasteiger partial charge >= 0.3 is 17.8 Å². The first-order valence-corrected chi connectivity index (χ1v) is 7.89. The number of nitrogens with zero attached hydrogens (tertiary/aromatic N) is 2. The number of amides is 5. The van der Waals surface area contributed by atoms with E-state index in [1.807, 2.05) is 0 Å². The fourth-order valence-electron chi connectivity index (χ4n) is 2.94. The van der Waals surface area contributed by atoms with E-state index in [-0.39, 0.29) is 17.4 Å². The summed E-state index contributed by atoms with van der Waals surface area (Å²) in [4.78, 5) is 61.7. The molecule has 0 aromatic heterocycles. The van der Waals surface area contributed by atoms with Crippen LogP contribution < -0.4 is 5.32 Å². The summed E-state index contributed by atoms with van der Waals surface area (Å²) in [6.07, 6.45) is 0. The molecule has 0 radical (unpaired) electrons. The number of Topliss-reactive ketones (excluding diaryl/α,β-unsaturated/α-hetero) is 1. The summed E-state index contributed by atoms with van der Waals surface area (Å²) in [6.45, 7) is 4.43. The Morgan fingerprint density at radius 1 is 1.16 bits per heavy atom. The average Bonchev–Trinajstić information content (AvgIpc) is 2.95. The highest BCUT2D eigenvalue weighted by Crippen LogP contribution is 2.32. The molecule has 0 aliphatic carbocycles. The largest absolute Gasteiger partial charge is 0.334 e. The van der Waals surface area contributed by atoms with E-state index in [1.54, 1.807) is 32.9 Å². The van der Waals surface area contributed by atoms with Gasteiger partial charge in [-0.2, -0.15) is 0 Å². The molecule has 0 spiro atoms. The molecule has 0 bridgehead atoms. The van der Waals surface area contributed by atoms with Gasteiger partial charge in [-0.15, -0.1) is 0 Å². The van der Waals surface area contributed by atoms with Crippen LogP contribution in [0.4, 0.5) is 10.5 Å². The van der Waals surface area contributed by atoms with Gasteiger partial charge in [0.25, 0.3) is 0 Å². The number of benzene rings is 1. The van der Waals surface area contributed by atoms with E-state index in [0.717, 1.165) is 4.90 Å². The molecule has 3 rings (SSSR count). The van der Waals surface area contributed by atoms with Crippen molar-refractivity contribution in [3.63, 3.8) is 0 Å². The van der Waals surface area contributed by atoms with E-state index >= 15 is 0 Å². The predicted octanol–water partition coefficient (Wildman–Crippen LogP) is 1.12. The van der Waals surface area contributed by atoms with Crippen molar-refractivity contribution in [2.45, 2.75) is 32.7 Å². The minimum absolute atomic E-state index is 0.150. The van der Waals surface area contributed by atoms with Crippen molar-refractivity contribution in [1.82, 2.24) is 9.80 Å². The summed E-state index contributed by atoms with van der Waals surface area (Å²) in [5.41, 5.74) is 1.61. The van der Waals surface area contributed by atoms with Gasteiger partial charge in [0.15, 0.2) is 5.78 Å². The third-order valence-electron chi connectivity index (χ3n) is 4.39. The lowest BCUT2D eigenvalue weighted by atomic mass is 9.99. The summed E-state index contributed by atoms with van der Waals surface area (Å²) in [5, 5.41) is 2.70. The van der Waals surface area contributed by atoms with Crippen molar-refractivity contribution >= 4 is 35.2 Å². The molecule has 1 fully saturated rings. The van der Waals surface area contributed by atoms with Crippen LogP contribution in [0.5, 0.6) is 0 Å². The zero-order chi connectivity index (χ0) is 18.5. The normalized spacial score (nSPS) is 19.8. The number of carbonyl (C=O) groups excluding carboxylic acids is 5. The van der Waals surface area contributed by atoms with Crippen molar-refractivity contribution in [1.29, 1.82) is 0 Å². The minimum Gasteiger partial charge on any atom is -0.325 e. The molecule has 2 aliphatic heterocycles. The second-order valence-corrected chi connectivity index (χ2v) is 6.38. The van der Waals surface area contributed by atoms with Gasteiger partial charge in [-0.05, 0) is 44.5 Å². The fourth-order valence-corrected chi connectivity index (χ4v) is 2.94. The average molecular weight is 343 g/mol. The predicted molar refractivity (Wildman–Crippen MR) is 86.9 cm³/mol. The maximum Gasteiger partial charge on any atom is 0.334 e. The number of hydrogen-bond acceptors (Lipinski definition) is 5. The van der Waals surface area contributed by atoms with Crippen LogP contribution in [0, 0.1) is 0 Å². The molecule has 8 nitrogen and oxygen atoms in total. The van der Waals surface area contributed by atoms with E-state index in [4.69, 9.17) is 0 Å². The molecule has 0 saturated carbocycles. The number of fused-ring (bicyclic) bond motifs is 1. The highest BCUT2D eigenvalue weighted by Gasteiger charge is 2.46. The highest BCUT2D eigenvalue weighted by atomic mass is 16.2. The first kappa shape index (κ1) is 16.8. The molecule has 25 heavy (non-hydrogen) atoms. The van der Waals surface area contributed by atoms with Crippen LogP contribution in [0.1, 0.15) is 42.6 Å². The lowest BCUT2D eigenvalue weighted by molar-refractivity contribution is -0.143. The Hall–Kier alpha value is -3.03. The van der Waals surface area contributed by atoms with E-state index < -0.39 is 36.2 Å². The topological polar surface area (TPSA) is 104 Å². The molecule has 5 amide bonds. The van der Waals surface area contributed by atoms with Crippen molar-refractivity contribution in [2.24, 2.45) is 0 Å². The monoisotopic (exact) mass is 343 g/mol. The molecule has 1 saturated heterocycles. The van der Waals surface area contributed by atoms with Gasteiger partial charge in [-0.25, -0.2) is 9.69 Å². The van der Waals surface area contributed by atoms with Gasteiger partial charge in [0.05, 0.1) is 12.5 Å². The number of hydrogen-bond donors (Lipinski definition) is 1. The number of carbonyl (C=O) groups is 5. The van der Waals surface area contributed by atoms with Crippen LogP contribution in [0.3, 0.4) is 0 Å². The van der Waals surface area contributed by atoms with Crippen LogP contribution in [-0.4, -0.2) is 51.9 Å². The quantitative estimate of drug-likeness (QED) is 0.501. The van der Waals surface area contributed by atoms with E-state index in [2.05, 4.69) is 5.32 Å². The SMILES string of the molecule is CC(C)N1C(=O)C(=O)N(CC(=O)c2ccc3c(c2)[C@@H](C)C(=O)N3)C1=O. The number of nitrogens with one attached hydrogen (secondary N) is 1. The summed E-state index contributed by atoms with van der Waals surface area (Å²) in [5.74, 6) is -2.93. The van der Waals surface area contributed by atoms with Crippen molar-refractivity contribution in [2.75, 3.05) is 11.9 Å². The lowest BCUT2D eigenvalue weighted by Crippen LogP contribution is -2.39. The van der Waals surface area contributed by atoms with Crippen LogP contribution >= 0.6 is 0 Å². The molecule has 1 N–H and O–H groups in total. The second kappa shape index (κ2) is 5.80. The van der Waals surface area contributed by atoms with Crippen molar-refractivity contribution in [3.8, 4) is 0 Å². The molecule has 1 aromatic carbocycles. The smallest absolute Gasteiger partial charge is 0.325 e. The Balaban J connectivity index is 1.82. The number of urea groups is 1. The molecule has 1 atom stereocenters. The Labute approximate surface area is 143 Å². The lowest BCUT2D eigenvalue weighted by Gasteiger charge is -2.18. The molecule has 1 aromatic rings. The van der Waals surface area contributed by atoms with E-state index in [0.29, 0.717) is 16.2 Å². The fraction of sp³-hybridized carbons (Fsp3) is 0.353. The maximum absolute atomic E-state index is 12.5. The van der Waals surface area contributed by atoms with Gasteiger partial charge in [0, 0.05) is 17.3 Å². The molecular weight excluding hydrogens is 326 g/mol. The van der Waals surface area contributed by atoms with Crippen LogP contribution in [0.2, 0.25) is 0 Å². The Morgan fingerprint density at radius 2 is 1.84 bits per heavy atom. The standard InChI is InChI=1S/C17H17N3O5/c1-8(2)20-16(24)15(23)19(17(20)25)7-13(21)10-4-5-12-11(6-10)9(3)14(22)18-12/h4-6,8-9H,7H2,1-3H3,(H,18,22)/t9-/m1/s1. The first-order valence-electron chi connectivity index (χ1n) is 7.89. The van der Waals surface area contributed by atoms with Crippen molar-refractivity contribution < 1.29 is 24.0 Å². The summed E-state index contributed by atoms with van der Waals surface area (Å²) < 4.78 is 0. The maximum atomic E-state index is 12.5. The van der Waals surface area contributed by atoms with Gasteiger partial charge in [0.2, 0.25) is 5.91 Å². The zero-order valence-electron chi connectivity index (χ0n) is 14.0. The second-order valence-electron chi connectivity index (χ2n) is 6.38. The van der Waals surface area contributed by atoms with Gasteiger partial charge in [-0.1, -0.05) is 0 Å². The number of ketones is 1. The van der Waals surface area contributed by atoms with Gasteiger partial charge < -0.3 is 5.32 Å². The Morgan fingerprint density at radius 3 is 2.44 bits per heavy atom. The first-order chi connectivity index (χ1) is 11.7. The summed E-state index contributed by atoms with van der Waals surface area (Å²) in [6, 6.07) is 3.45. The number of anilines is 1. The number of rotatable bonds is 4. The number of imide groups is 2. The van der Waals surface area contributed by atoms with Crippen LogP contribution in [0.25, 0.3) is 0 Å². The Kier molecular flexibility index (Phi) is 3.90. The zero-order valence-corrected chi connectivity index (χ0v) is 14.0. The molecule has 2 aliphatic rings. The van der Waals surface area contributed by atoms with E-state index in [9.17, 15) is 24.0 Å². The third kappa shape index (κ3) is 2.59. The van der Waals surface area contributed by atoms with E-state index in [1.165, 1.54) is 6.07 Å². The summed E-state index contributed by atoms with van der Waals surface area (Å²) >= 11 is 0. The summed E-state index contributed by atoms with van der Waals surface area (Å²) in [7, 11) is 0. The van der Waals surface area contributed by atoms with Crippen LogP contribution in [0.15, 0.2) is 18.2 Å². The molecule has 8 heteroatoms. The minimum atomic E-state index is -1.00. The van der Waals surface area contributed by atoms with Gasteiger partial charge in [-0.3, -0.25) is 24.1 Å². The van der Waals surface area contributed by atoms with Crippen molar-refractivity contribution in [3.05, 3.63) is 29.3 Å². The molecule has 130 valence electrons. The highest BCUT2D eigenvalue weighted by molar-refractivity contribution is 6.45. The molecule has 0 unspecified atom stereocenters. The third-order valence-corrected chi connectivity index (χ3v) is 4.39. The van der Waals surface area contributed by atoms with Gasteiger partial charge in [0.1, 0.15) is 0 Å². The molecular formula is C17H17N3O5. The Bertz CT molecular complexity index is 830. The molecule has 2 heterocycles.